The molecule has 10 heteroatoms. The first-order chi connectivity index (χ1) is 18.9. The third kappa shape index (κ3) is 7.99. The van der Waals surface area contributed by atoms with Crippen LogP contribution in [0.2, 0.25) is 5.02 Å². The minimum Gasteiger partial charge on any atom is -0.494 e. The van der Waals surface area contributed by atoms with E-state index >= 15 is 0 Å². The molecule has 3 aromatic carbocycles. The molecule has 2 amide bonds. The quantitative estimate of drug-likeness (QED) is 0.316. The van der Waals surface area contributed by atoms with Crippen molar-refractivity contribution in [2.24, 2.45) is 0 Å². The number of sulfonamides is 1. The van der Waals surface area contributed by atoms with Crippen LogP contribution in [0.1, 0.15) is 38.8 Å². The molecule has 0 aliphatic rings. The molecule has 1 atom stereocenters. The number of ether oxygens (including phenoxy) is 1. The highest BCUT2D eigenvalue weighted by Gasteiger charge is 2.32. The van der Waals surface area contributed by atoms with Crippen LogP contribution in [0.3, 0.4) is 0 Å². The molecule has 0 aliphatic heterocycles. The molecule has 3 rings (SSSR count). The molecule has 0 unspecified atom stereocenters. The van der Waals surface area contributed by atoms with Gasteiger partial charge in [0.05, 0.1) is 17.2 Å². The molecule has 0 fully saturated rings. The van der Waals surface area contributed by atoms with Gasteiger partial charge in [0.25, 0.3) is 10.0 Å². The van der Waals surface area contributed by atoms with Crippen LogP contribution >= 0.6 is 11.6 Å². The van der Waals surface area contributed by atoms with Crippen molar-refractivity contribution in [2.75, 3.05) is 17.5 Å². The second-order valence-electron chi connectivity index (χ2n) is 9.74. The number of hydrogen-bond acceptors (Lipinski definition) is 5. The van der Waals surface area contributed by atoms with Gasteiger partial charge in [-0.2, -0.15) is 0 Å². The van der Waals surface area contributed by atoms with Crippen molar-refractivity contribution >= 4 is 39.1 Å². The summed E-state index contributed by atoms with van der Waals surface area (Å²) in [4.78, 5) is 28.3. The summed E-state index contributed by atoms with van der Waals surface area (Å²) in [6.45, 7) is 9.03. The molecular weight excluding hydrogens is 550 g/mol. The minimum absolute atomic E-state index is 0.0506. The highest BCUT2D eigenvalue weighted by atomic mass is 35.5. The third-order valence-corrected chi connectivity index (χ3v) is 8.23. The van der Waals surface area contributed by atoms with Crippen molar-refractivity contribution in [3.8, 4) is 5.75 Å². The molecule has 0 aliphatic carbocycles. The Labute approximate surface area is 241 Å². The number of carbonyl (C=O) groups excluding carboxylic acids is 2. The third-order valence-electron chi connectivity index (χ3n) is 6.19. The van der Waals surface area contributed by atoms with Crippen molar-refractivity contribution in [1.29, 1.82) is 0 Å². The molecule has 0 bridgehead atoms. The van der Waals surface area contributed by atoms with Gasteiger partial charge in [-0.1, -0.05) is 41.4 Å². The Morgan fingerprint density at radius 1 is 0.925 bits per heavy atom. The lowest BCUT2D eigenvalue weighted by molar-refractivity contribution is -0.139. The molecule has 0 aromatic heterocycles. The van der Waals surface area contributed by atoms with Gasteiger partial charge in [-0.05, 0) is 88.7 Å². The van der Waals surface area contributed by atoms with Crippen LogP contribution in [-0.2, 0) is 26.2 Å². The van der Waals surface area contributed by atoms with E-state index in [9.17, 15) is 18.0 Å². The van der Waals surface area contributed by atoms with Crippen LogP contribution in [0.5, 0.6) is 5.75 Å². The van der Waals surface area contributed by atoms with Gasteiger partial charge in [-0.15, -0.1) is 0 Å². The van der Waals surface area contributed by atoms with Crippen LogP contribution in [0, 0.1) is 6.92 Å². The van der Waals surface area contributed by atoms with Gasteiger partial charge >= 0.3 is 0 Å². The molecule has 0 radical (unpaired) electrons. The zero-order valence-corrected chi connectivity index (χ0v) is 25.0. The predicted molar refractivity (Wildman–Crippen MR) is 158 cm³/mol. The molecule has 8 nitrogen and oxygen atoms in total. The van der Waals surface area contributed by atoms with Gasteiger partial charge in [0, 0.05) is 17.6 Å². The van der Waals surface area contributed by atoms with Crippen molar-refractivity contribution in [1.82, 2.24) is 10.2 Å². The number of carbonyl (C=O) groups is 2. The average Bonchev–Trinajstić information content (AvgIpc) is 2.91. The number of nitrogens with one attached hydrogen (secondary N) is 1. The van der Waals surface area contributed by atoms with Crippen LogP contribution < -0.4 is 14.4 Å². The summed E-state index contributed by atoms with van der Waals surface area (Å²) >= 11 is 6.04. The van der Waals surface area contributed by atoms with E-state index in [-0.39, 0.29) is 23.4 Å². The normalized spacial score (nSPS) is 12.1. The predicted octanol–water partition coefficient (Wildman–Crippen LogP) is 5.18. The highest BCUT2D eigenvalue weighted by molar-refractivity contribution is 7.92. The van der Waals surface area contributed by atoms with Crippen LogP contribution in [0.15, 0.2) is 77.7 Å². The maximum Gasteiger partial charge on any atom is 0.264 e. The molecular formula is C30H36ClN3O5S. The van der Waals surface area contributed by atoms with Crippen LogP contribution in [0.25, 0.3) is 0 Å². The summed E-state index contributed by atoms with van der Waals surface area (Å²) in [5.41, 5.74) is 1.95. The largest absolute Gasteiger partial charge is 0.494 e. The zero-order valence-electron chi connectivity index (χ0n) is 23.4. The van der Waals surface area contributed by atoms with E-state index in [1.54, 1.807) is 67.6 Å². The highest BCUT2D eigenvalue weighted by Crippen LogP contribution is 2.27. The van der Waals surface area contributed by atoms with Gasteiger partial charge in [0.2, 0.25) is 11.8 Å². The fraction of sp³-hybridized carbons (Fsp3) is 0.333. The minimum atomic E-state index is -4.14. The Bertz CT molecular complexity index is 1390. The van der Waals surface area contributed by atoms with Gasteiger partial charge in [-0.25, -0.2) is 8.42 Å². The molecule has 3 aromatic rings. The molecule has 0 heterocycles. The number of nitrogens with zero attached hydrogens (tertiary/aromatic N) is 2. The first-order valence-electron chi connectivity index (χ1n) is 13.1. The first-order valence-corrected chi connectivity index (χ1v) is 14.9. The summed E-state index contributed by atoms with van der Waals surface area (Å²) in [6.07, 6.45) is 0. The SMILES string of the molecule is CCOc1ccc(N(CC(=O)N(Cc2ccc(Cl)cc2)[C@@H](C)C(=O)NC(C)C)S(=O)(=O)c2ccc(C)cc2)cc1. The van der Waals surface area contributed by atoms with Crippen molar-refractivity contribution in [3.63, 3.8) is 0 Å². The van der Waals surface area contributed by atoms with E-state index in [1.165, 1.54) is 17.0 Å². The number of amides is 2. The fourth-order valence-corrected chi connectivity index (χ4v) is 5.56. The molecule has 0 saturated carbocycles. The van der Waals surface area contributed by atoms with Crippen LogP contribution in [-0.4, -0.2) is 50.4 Å². The number of benzene rings is 3. The van der Waals surface area contributed by atoms with E-state index in [2.05, 4.69) is 5.32 Å². The summed E-state index contributed by atoms with van der Waals surface area (Å²) < 4.78 is 34.4. The molecule has 0 saturated heterocycles. The summed E-state index contributed by atoms with van der Waals surface area (Å²) in [7, 11) is -4.14. The van der Waals surface area contributed by atoms with Gasteiger partial charge < -0.3 is 15.0 Å². The Balaban J connectivity index is 2.02. The fourth-order valence-electron chi connectivity index (χ4n) is 4.02. The lowest BCUT2D eigenvalue weighted by Crippen LogP contribution is -2.52. The summed E-state index contributed by atoms with van der Waals surface area (Å²) in [6, 6.07) is 18.9. The lowest BCUT2D eigenvalue weighted by Gasteiger charge is -2.32. The summed E-state index contributed by atoms with van der Waals surface area (Å²) in [5, 5.41) is 3.38. The maximum absolute atomic E-state index is 13.9. The number of halogens is 1. The average molecular weight is 586 g/mol. The zero-order chi connectivity index (χ0) is 29.4. The molecule has 214 valence electrons. The first kappa shape index (κ1) is 31.0. The number of anilines is 1. The van der Waals surface area contributed by atoms with Gasteiger partial charge in [-0.3, -0.25) is 13.9 Å². The molecule has 1 N–H and O–H groups in total. The van der Waals surface area contributed by atoms with Gasteiger partial charge in [0.15, 0.2) is 0 Å². The van der Waals surface area contributed by atoms with Crippen molar-refractivity contribution in [3.05, 3.63) is 88.9 Å². The number of aryl methyl sites for hydroxylation is 1. The van der Waals surface area contributed by atoms with Crippen molar-refractivity contribution < 1.29 is 22.7 Å². The van der Waals surface area contributed by atoms with E-state index in [1.807, 2.05) is 27.7 Å². The van der Waals surface area contributed by atoms with Crippen LogP contribution in [0.4, 0.5) is 5.69 Å². The molecule has 0 spiro atoms. The number of rotatable bonds is 12. The van der Waals surface area contributed by atoms with E-state index in [0.717, 1.165) is 15.4 Å². The lowest BCUT2D eigenvalue weighted by atomic mass is 10.1. The maximum atomic E-state index is 13.9. The monoisotopic (exact) mass is 585 g/mol. The Hall–Kier alpha value is -3.56. The second kappa shape index (κ2) is 13.7. The van der Waals surface area contributed by atoms with E-state index in [0.29, 0.717) is 23.1 Å². The topological polar surface area (TPSA) is 96.0 Å². The Morgan fingerprint density at radius 3 is 2.08 bits per heavy atom. The van der Waals surface area contributed by atoms with Gasteiger partial charge in [0.1, 0.15) is 18.3 Å². The Morgan fingerprint density at radius 2 is 1.52 bits per heavy atom. The molecule has 40 heavy (non-hydrogen) atoms. The Kier molecular flexibility index (Phi) is 10.6. The standard InChI is InChI=1S/C30H36ClN3O5S/c1-6-39-27-15-13-26(14-16-27)34(40(37,38)28-17-7-22(4)8-18-28)20-29(35)33(23(5)30(36)32-21(2)3)19-24-9-11-25(31)12-10-24/h7-18,21,23H,6,19-20H2,1-5H3,(H,32,36)/t23-/m0/s1. The summed E-state index contributed by atoms with van der Waals surface area (Å²) in [5.74, 6) is -0.300. The smallest absolute Gasteiger partial charge is 0.264 e. The van der Waals surface area contributed by atoms with E-state index in [4.69, 9.17) is 16.3 Å². The van der Waals surface area contributed by atoms with E-state index < -0.39 is 28.5 Å². The number of hydrogen-bond donors (Lipinski definition) is 1. The second-order valence-corrected chi connectivity index (χ2v) is 12.0. The van der Waals surface area contributed by atoms with Crippen molar-refractivity contribution in [2.45, 2.75) is 58.1 Å².